The Labute approximate surface area is 131 Å². The van der Waals surface area contributed by atoms with Gasteiger partial charge in [0.05, 0.1) is 5.56 Å². The van der Waals surface area contributed by atoms with Crippen molar-refractivity contribution in [2.24, 2.45) is 0 Å². The lowest BCUT2D eigenvalue weighted by molar-refractivity contribution is -0.0857. The molecule has 0 heterocycles. The first-order valence-electron chi connectivity index (χ1n) is 6.68. The molecule has 23 heavy (non-hydrogen) atoms. The van der Waals surface area contributed by atoms with Crippen molar-refractivity contribution in [2.45, 2.75) is 12.7 Å². The number of carbonyl (C=O) groups is 3. The van der Waals surface area contributed by atoms with Crippen molar-refractivity contribution in [3.8, 4) is 0 Å². The molecule has 0 fully saturated rings. The van der Waals surface area contributed by atoms with Gasteiger partial charge in [-0.3, -0.25) is 9.59 Å². The minimum atomic E-state index is -2.86. The lowest BCUT2D eigenvalue weighted by Gasteiger charge is -2.08. The molecule has 1 aliphatic carbocycles. The molecule has 3 N–H and O–H groups in total. The van der Waals surface area contributed by atoms with Crippen LogP contribution < -0.4 is 0 Å². The van der Waals surface area contributed by atoms with E-state index in [2.05, 4.69) is 0 Å². The first-order chi connectivity index (χ1) is 10.7. The molecule has 3 rings (SSSR count). The summed E-state index contributed by atoms with van der Waals surface area (Å²) in [6, 6.07) is 12.7. The van der Waals surface area contributed by atoms with Crippen molar-refractivity contribution in [1.82, 2.24) is 0 Å². The summed E-state index contributed by atoms with van der Waals surface area (Å²) in [4.78, 5) is 32.8. The molecule has 0 radical (unpaired) electrons. The van der Waals surface area contributed by atoms with Crippen molar-refractivity contribution in [3.63, 3.8) is 0 Å². The maximum Gasteiger partial charge on any atom is 0.335 e. The zero-order chi connectivity index (χ0) is 17.2. The van der Waals surface area contributed by atoms with Gasteiger partial charge < -0.3 is 15.3 Å². The highest BCUT2D eigenvalue weighted by atomic mass is 16.5. The smallest absolute Gasteiger partial charge is 0.335 e. The van der Waals surface area contributed by atoms with Gasteiger partial charge in [-0.15, -0.1) is 0 Å². The summed E-state index contributed by atoms with van der Waals surface area (Å²) in [5, 5.41) is 26.7. The maximum atomic E-state index is 11.2. The van der Waals surface area contributed by atoms with E-state index in [4.69, 9.17) is 15.3 Å². The predicted molar refractivity (Wildman–Crippen MR) is 80.4 cm³/mol. The van der Waals surface area contributed by atoms with Crippen LogP contribution in [0.3, 0.4) is 0 Å². The highest BCUT2D eigenvalue weighted by Crippen LogP contribution is 2.27. The van der Waals surface area contributed by atoms with Gasteiger partial charge in [-0.25, -0.2) is 4.79 Å². The highest BCUT2D eigenvalue weighted by Gasteiger charge is 2.50. The number of ketones is 2. The summed E-state index contributed by atoms with van der Waals surface area (Å²) in [5.74, 6) is -5.63. The van der Waals surface area contributed by atoms with Crippen LogP contribution in [0.4, 0.5) is 0 Å². The Morgan fingerprint density at radius 2 is 1.43 bits per heavy atom. The first-order valence-corrected chi connectivity index (χ1v) is 6.68. The fourth-order valence-electron chi connectivity index (χ4n) is 2.14. The van der Waals surface area contributed by atoms with Gasteiger partial charge in [0.2, 0.25) is 11.6 Å². The fraction of sp³-hybridized carbons (Fsp3) is 0.118. The third-order valence-corrected chi connectivity index (χ3v) is 3.31. The lowest BCUT2D eigenvalue weighted by Crippen LogP contribution is -2.40. The van der Waals surface area contributed by atoms with Crippen molar-refractivity contribution in [2.75, 3.05) is 0 Å². The van der Waals surface area contributed by atoms with Crippen LogP contribution in [0.25, 0.3) is 0 Å². The van der Waals surface area contributed by atoms with E-state index in [1.165, 1.54) is 12.1 Å². The number of rotatable bonds is 1. The zero-order valence-corrected chi connectivity index (χ0v) is 12.2. The van der Waals surface area contributed by atoms with Gasteiger partial charge >= 0.3 is 5.97 Å². The zero-order valence-electron chi connectivity index (χ0n) is 12.2. The van der Waals surface area contributed by atoms with Crippen LogP contribution in [-0.2, 0) is 0 Å². The Bertz CT molecular complexity index is 754. The summed E-state index contributed by atoms with van der Waals surface area (Å²) < 4.78 is 0. The average molecular weight is 314 g/mol. The summed E-state index contributed by atoms with van der Waals surface area (Å²) in [5.41, 5.74) is 1.45. The number of hydrogen-bond acceptors (Lipinski definition) is 5. The van der Waals surface area contributed by atoms with Gasteiger partial charge in [-0.05, 0) is 19.1 Å². The fourth-order valence-corrected chi connectivity index (χ4v) is 2.14. The van der Waals surface area contributed by atoms with Gasteiger partial charge in [0, 0.05) is 11.1 Å². The topological polar surface area (TPSA) is 112 Å². The second-order valence-electron chi connectivity index (χ2n) is 5.05. The molecule has 0 saturated heterocycles. The Kier molecular flexibility index (Phi) is 4.40. The first kappa shape index (κ1) is 16.5. The van der Waals surface area contributed by atoms with E-state index in [1.807, 2.05) is 13.0 Å². The molecule has 2 aromatic carbocycles. The summed E-state index contributed by atoms with van der Waals surface area (Å²) in [6.07, 6.45) is 0. The van der Waals surface area contributed by atoms with Crippen LogP contribution >= 0.6 is 0 Å². The van der Waals surface area contributed by atoms with Gasteiger partial charge in [0.25, 0.3) is 5.79 Å². The van der Waals surface area contributed by atoms with E-state index in [0.717, 1.165) is 5.56 Å². The quantitative estimate of drug-likeness (QED) is 0.542. The van der Waals surface area contributed by atoms with Gasteiger partial charge in [-0.1, -0.05) is 42.0 Å². The number of hydrogen-bond donors (Lipinski definition) is 3. The molecule has 6 nitrogen and oxygen atoms in total. The third kappa shape index (κ3) is 3.18. The lowest BCUT2D eigenvalue weighted by atomic mass is 10.1. The normalized spacial score (nSPS) is 14.7. The van der Waals surface area contributed by atoms with Crippen LogP contribution in [0.1, 0.15) is 36.6 Å². The van der Waals surface area contributed by atoms with E-state index in [1.54, 1.807) is 30.3 Å². The van der Waals surface area contributed by atoms with E-state index in [0.29, 0.717) is 5.56 Å². The number of benzene rings is 2. The van der Waals surface area contributed by atoms with Gasteiger partial charge in [0.1, 0.15) is 0 Å². The Hall–Kier alpha value is -2.83. The van der Waals surface area contributed by atoms with Crippen LogP contribution in [0, 0.1) is 6.92 Å². The Balaban J connectivity index is 0.000000174. The molecular formula is C17H14O6. The standard InChI is InChI=1S/C9H6O4.C8H8O2/c10-7-5-3-1-2-4-6(5)8(11)9(7,12)13;1-6-3-2-4-7(5-6)8(9)10/h1-4,12-13H;2-5H,1H3,(H,9,10). The monoisotopic (exact) mass is 314 g/mol. The molecular weight excluding hydrogens is 300 g/mol. The third-order valence-electron chi connectivity index (χ3n) is 3.31. The second kappa shape index (κ2) is 6.12. The number of aryl methyl sites for hydroxylation is 1. The van der Waals surface area contributed by atoms with Crippen LogP contribution in [0.2, 0.25) is 0 Å². The van der Waals surface area contributed by atoms with Crippen LogP contribution in [0.5, 0.6) is 0 Å². The summed E-state index contributed by atoms with van der Waals surface area (Å²) >= 11 is 0. The van der Waals surface area contributed by atoms with Crippen molar-refractivity contribution in [3.05, 3.63) is 70.8 Å². The number of carboxylic acids is 1. The van der Waals surface area contributed by atoms with E-state index in [9.17, 15) is 14.4 Å². The molecule has 0 spiro atoms. The van der Waals surface area contributed by atoms with Crippen molar-refractivity contribution >= 4 is 17.5 Å². The van der Waals surface area contributed by atoms with Gasteiger partial charge in [-0.2, -0.15) is 0 Å². The highest BCUT2D eigenvalue weighted by molar-refractivity contribution is 6.30. The number of carbonyl (C=O) groups excluding carboxylic acids is 2. The molecule has 1 aliphatic rings. The van der Waals surface area contributed by atoms with E-state index >= 15 is 0 Å². The molecule has 118 valence electrons. The molecule has 6 heteroatoms. The molecule has 0 atom stereocenters. The van der Waals surface area contributed by atoms with Gasteiger partial charge in [0.15, 0.2) is 0 Å². The number of aliphatic hydroxyl groups is 2. The average Bonchev–Trinajstić information content (AvgIpc) is 2.70. The number of carboxylic acid groups (broad SMARTS) is 1. The van der Waals surface area contributed by atoms with Crippen molar-refractivity contribution in [1.29, 1.82) is 0 Å². The van der Waals surface area contributed by atoms with Crippen molar-refractivity contribution < 1.29 is 29.7 Å². The largest absolute Gasteiger partial charge is 0.478 e. The molecule has 2 aromatic rings. The second-order valence-corrected chi connectivity index (χ2v) is 5.05. The number of aromatic carboxylic acids is 1. The maximum absolute atomic E-state index is 11.2. The van der Waals surface area contributed by atoms with Crippen LogP contribution in [-0.4, -0.2) is 38.6 Å². The molecule has 0 amide bonds. The Morgan fingerprint density at radius 3 is 1.83 bits per heavy atom. The minimum Gasteiger partial charge on any atom is -0.478 e. The van der Waals surface area contributed by atoms with E-state index < -0.39 is 23.3 Å². The molecule has 0 bridgehead atoms. The van der Waals surface area contributed by atoms with E-state index in [-0.39, 0.29) is 11.1 Å². The Morgan fingerprint density at radius 1 is 0.913 bits per heavy atom. The minimum absolute atomic E-state index is 0.0671. The molecule has 0 aromatic heterocycles. The molecule has 0 saturated carbocycles. The molecule has 0 aliphatic heterocycles. The summed E-state index contributed by atoms with van der Waals surface area (Å²) in [6.45, 7) is 1.87. The SMILES string of the molecule is Cc1cccc(C(=O)O)c1.O=C1c2ccccc2C(=O)C1(O)O. The number of Topliss-reactive ketones (excluding diaryl/α,β-unsaturated/α-hetero) is 2. The molecule has 0 unspecified atom stereocenters. The predicted octanol–water partition coefficient (Wildman–Crippen LogP) is 1.44. The summed E-state index contributed by atoms with van der Waals surface area (Å²) in [7, 11) is 0. The van der Waals surface area contributed by atoms with Crippen LogP contribution in [0.15, 0.2) is 48.5 Å². The number of fused-ring (bicyclic) bond motifs is 1.